The molecule has 0 spiro atoms. The predicted octanol–water partition coefficient (Wildman–Crippen LogP) is 2.77. The molecular weight excluding hydrogens is 266 g/mol. The van der Waals surface area contributed by atoms with Crippen LogP contribution in [0.15, 0.2) is 22.6 Å². The fraction of sp³-hybridized carbons (Fsp3) is 0.500. The van der Waals surface area contributed by atoms with E-state index in [1.807, 2.05) is 18.2 Å². The predicted molar refractivity (Wildman–Crippen MR) is 80.0 cm³/mol. The van der Waals surface area contributed by atoms with Gasteiger partial charge in [0.2, 0.25) is 5.91 Å². The molecule has 1 aromatic heterocycles. The number of benzene rings is 1. The van der Waals surface area contributed by atoms with E-state index in [0.29, 0.717) is 12.5 Å². The summed E-state index contributed by atoms with van der Waals surface area (Å²) in [7, 11) is 0. The van der Waals surface area contributed by atoms with Crippen LogP contribution in [-0.2, 0) is 4.79 Å². The van der Waals surface area contributed by atoms with Crippen LogP contribution in [0.2, 0.25) is 0 Å². The van der Waals surface area contributed by atoms with Crippen LogP contribution in [-0.4, -0.2) is 17.4 Å². The zero-order chi connectivity index (χ0) is 14.4. The number of anilines is 1. The third-order valence-electron chi connectivity index (χ3n) is 4.77. The van der Waals surface area contributed by atoms with E-state index in [4.69, 9.17) is 10.2 Å². The Hall–Kier alpha value is -1.88. The normalized spacial score (nSPS) is 20.2. The largest absolute Gasteiger partial charge is 0.440 e. The van der Waals surface area contributed by atoms with Crippen molar-refractivity contribution in [3.63, 3.8) is 0 Å². The lowest BCUT2D eigenvalue weighted by atomic mass is 9.68. The second-order valence-electron chi connectivity index (χ2n) is 6.30. The molecular formula is C16H19N3O2. The molecule has 2 saturated carbocycles. The van der Waals surface area contributed by atoms with Crippen LogP contribution in [0.1, 0.15) is 43.9 Å². The van der Waals surface area contributed by atoms with Gasteiger partial charge in [-0.15, -0.1) is 0 Å². The van der Waals surface area contributed by atoms with Crippen LogP contribution in [0.3, 0.4) is 0 Å². The molecule has 2 aliphatic rings. The monoisotopic (exact) mass is 285 g/mol. The van der Waals surface area contributed by atoms with Crippen LogP contribution in [0.25, 0.3) is 11.1 Å². The van der Waals surface area contributed by atoms with Crippen LogP contribution in [0.4, 0.5) is 5.69 Å². The smallest absolute Gasteiger partial charge is 0.231 e. The van der Waals surface area contributed by atoms with E-state index in [2.05, 4.69) is 10.3 Å². The van der Waals surface area contributed by atoms with E-state index < -0.39 is 0 Å². The highest BCUT2D eigenvalue weighted by molar-refractivity contribution is 5.97. The average molecular weight is 285 g/mol. The Morgan fingerprint density at radius 2 is 2.24 bits per heavy atom. The first-order valence-corrected chi connectivity index (χ1v) is 7.62. The van der Waals surface area contributed by atoms with E-state index >= 15 is 0 Å². The lowest BCUT2D eigenvalue weighted by molar-refractivity contribution is -0.129. The van der Waals surface area contributed by atoms with Gasteiger partial charge in [0.1, 0.15) is 5.52 Å². The van der Waals surface area contributed by atoms with Crippen molar-refractivity contribution in [3.05, 3.63) is 24.1 Å². The number of hydrogen-bond donors (Lipinski definition) is 2. The molecule has 1 amide bonds. The van der Waals surface area contributed by atoms with E-state index in [0.717, 1.165) is 54.8 Å². The molecule has 4 rings (SSSR count). The van der Waals surface area contributed by atoms with Crippen molar-refractivity contribution >= 4 is 22.7 Å². The van der Waals surface area contributed by atoms with Gasteiger partial charge in [-0.1, -0.05) is 6.42 Å². The fourth-order valence-electron chi connectivity index (χ4n) is 2.92. The lowest BCUT2D eigenvalue weighted by Crippen LogP contribution is -2.47. The van der Waals surface area contributed by atoms with Gasteiger partial charge in [0.05, 0.1) is 5.41 Å². The first-order valence-electron chi connectivity index (χ1n) is 7.62. The maximum atomic E-state index is 12.4. The minimum atomic E-state index is -0.363. The number of carbonyl (C=O) groups excluding carboxylic acids is 1. The van der Waals surface area contributed by atoms with E-state index in [1.165, 1.54) is 0 Å². The number of oxazole rings is 1. The quantitative estimate of drug-likeness (QED) is 0.905. The van der Waals surface area contributed by atoms with Crippen molar-refractivity contribution < 1.29 is 9.21 Å². The second kappa shape index (κ2) is 4.56. The molecule has 2 fully saturated rings. The van der Waals surface area contributed by atoms with Gasteiger partial charge in [0, 0.05) is 18.2 Å². The van der Waals surface area contributed by atoms with E-state index in [1.54, 1.807) is 0 Å². The summed E-state index contributed by atoms with van der Waals surface area (Å²) < 4.78 is 5.73. The van der Waals surface area contributed by atoms with Crippen molar-refractivity contribution in [2.75, 3.05) is 11.9 Å². The van der Waals surface area contributed by atoms with Gasteiger partial charge in [-0.25, -0.2) is 4.98 Å². The summed E-state index contributed by atoms with van der Waals surface area (Å²) in [5.41, 5.74) is 7.77. The zero-order valence-electron chi connectivity index (χ0n) is 11.9. The Balaban J connectivity index is 1.57. The first kappa shape index (κ1) is 12.8. The van der Waals surface area contributed by atoms with Crippen LogP contribution < -0.4 is 11.1 Å². The Bertz CT molecular complexity index is 693. The summed E-state index contributed by atoms with van der Waals surface area (Å²) in [6.07, 6.45) is 5.17. The number of nitrogens with two attached hydrogens (primary N) is 1. The topological polar surface area (TPSA) is 81.2 Å². The third kappa shape index (κ3) is 2.12. The molecule has 5 nitrogen and oxygen atoms in total. The summed E-state index contributed by atoms with van der Waals surface area (Å²) >= 11 is 0. The summed E-state index contributed by atoms with van der Waals surface area (Å²) in [6, 6.07) is 5.62. The molecule has 0 aliphatic heterocycles. The zero-order valence-corrected chi connectivity index (χ0v) is 11.9. The number of rotatable bonds is 4. The summed E-state index contributed by atoms with van der Waals surface area (Å²) in [4.78, 5) is 16.9. The Morgan fingerprint density at radius 1 is 1.43 bits per heavy atom. The molecule has 1 heterocycles. The van der Waals surface area contributed by atoms with Gasteiger partial charge >= 0.3 is 0 Å². The SMILES string of the molecule is NCC1(C(=O)Nc2ccc3oc(C4CC4)nc3c2)CCC1. The number of hydrogen-bond acceptors (Lipinski definition) is 4. The minimum absolute atomic E-state index is 0.0292. The maximum absolute atomic E-state index is 12.4. The molecule has 110 valence electrons. The number of carbonyl (C=O) groups is 1. The van der Waals surface area contributed by atoms with Crippen molar-refractivity contribution in [1.29, 1.82) is 0 Å². The van der Waals surface area contributed by atoms with Crippen LogP contribution >= 0.6 is 0 Å². The van der Waals surface area contributed by atoms with Crippen LogP contribution in [0.5, 0.6) is 0 Å². The number of amides is 1. The van der Waals surface area contributed by atoms with Crippen molar-refractivity contribution in [1.82, 2.24) is 4.98 Å². The highest BCUT2D eigenvalue weighted by Crippen LogP contribution is 2.42. The van der Waals surface area contributed by atoms with Crippen molar-refractivity contribution in [2.45, 2.75) is 38.0 Å². The molecule has 2 aliphatic carbocycles. The summed E-state index contributed by atoms with van der Waals surface area (Å²) in [5.74, 6) is 1.35. The summed E-state index contributed by atoms with van der Waals surface area (Å²) in [6.45, 7) is 0.414. The average Bonchev–Trinajstić information content (AvgIpc) is 3.18. The van der Waals surface area contributed by atoms with Crippen molar-refractivity contribution in [2.24, 2.45) is 11.1 Å². The van der Waals surface area contributed by atoms with Gasteiger partial charge in [-0.05, 0) is 43.9 Å². The number of fused-ring (bicyclic) bond motifs is 1. The van der Waals surface area contributed by atoms with Gasteiger partial charge < -0.3 is 15.5 Å². The fourth-order valence-corrected chi connectivity index (χ4v) is 2.92. The molecule has 2 aromatic rings. The van der Waals surface area contributed by atoms with E-state index in [-0.39, 0.29) is 11.3 Å². The number of nitrogens with zero attached hydrogens (tertiary/aromatic N) is 1. The molecule has 0 unspecified atom stereocenters. The molecule has 0 bridgehead atoms. The van der Waals surface area contributed by atoms with Gasteiger partial charge in [0.25, 0.3) is 0 Å². The van der Waals surface area contributed by atoms with Gasteiger partial charge in [0.15, 0.2) is 11.5 Å². The Labute approximate surface area is 122 Å². The standard InChI is InChI=1S/C16H19N3O2/c17-9-16(6-1-7-16)15(20)18-11-4-5-13-12(8-11)19-14(21-13)10-2-3-10/h4-5,8,10H,1-3,6-7,9,17H2,(H,18,20). The minimum Gasteiger partial charge on any atom is -0.440 e. The van der Waals surface area contributed by atoms with Gasteiger partial charge in [-0.3, -0.25) is 4.79 Å². The molecule has 3 N–H and O–H groups in total. The highest BCUT2D eigenvalue weighted by Gasteiger charge is 2.42. The molecule has 0 atom stereocenters. The lowest BCUT2D eigenvalue weighted by Gasteiger charge is -2.39. The Morgan fingerprint density at radius 3 is 2.86 bits per heavy atom. The van der Waals surface area contributed by atoms with Crippen LogP contribution in [0, 0.1) is 5.41 Å². The first-order chi connectivity index (χ1) is 10.2. The third-order valence-corrected chi connectivity index (χ3v) is 4.77. The number of nitrogens with one attached hydrogen (secondary N) is 1. The molecule has 0 saturated heterocycles. The second-order valence-corrected chi connectivity index (χ2v) is 6.30. The number of aromatic nitrogens is 1. The highest BCUT2D eigenvalue weighted by atomic mass is 16.3. The van der Waals surface area contributed by atoms with Gasteiger partial charge in [-0.2, -0.15) is 0 Å². The Kier molecular flexibility index (Phi) is 2.79. The summed E-state index contributed by atoms with van der Waals surface area (Å²) in [5, 5.41) is 2.98. The van der Waals surface area contributed by atoms with Crippen molar-refractivity contribution in [3.8, 4) is 0 Å². The molecule has 21 heavy (non-hydrogen) atoms. The molecule has 5 heteroatoms. The van der Waals surface area contributed by atoms with E-state index in [9.17, 15) is 4.79 Å². The molecule has 1 aromatic carbocycles. The maximum Gasteiger partial charge on any atom is 0.231 e. The molecule has 0 radical (unpaired) electrons.